The minimum absolute atomic E-state index is 0.666. The highest BCUT2D eigenvalue weighted by Gasteiger charge is 2.18. The van der Waals surface area contributed by atoms with Crippen LogP contribution in [0.4, 0.5) is 0 Å². The molecule has 1 N–H and O–H groups in total. The van der Waals surface area contributed by atoms with Crippen molar-refractivity contribution in [2.45, 2.75) is 56.8 Å². The normalized spacial score (nSPS) is 15.0. The zero-order valence-electron chi connectivity index (χ0n) is 34.6. The molecule has 0 bridgehead atoms. The van der Waals surface area contributed by atoms with Crippen molar-refractivity contribution >= 4 is 33.1 Å². The smallest absolute Gasteiger partial charge is 0.162 e. The van der Waals surface area contributed by atoms with Crippen LogP contribution in [0.2, 0.25) is 0 Å². The lowest BCUT2D eigenvalue weighted by atomic mass is 9.84. The molecule has 1 saturated heterocycles. The van der Waals surface area contributed by atoms with Gasteiger partial charge in [-0.2, -0.15) is 10.2 Å². The maximum atomic E-state index is 4.79. The predicted molar refractivity (Wildman–Crippen MR) is 249 cm³/mol. The van der Waals surface area contributed by atoms with Crippen molar-refractivity contribution in [3.05, 3.63) is 170 Å². The summed E-state index contributed by atoms with van der Waals surface area (Å²) in [5, 5.41) is 14.9. The minimum atomic E-state index is 0.666. The fourth-order valence-corrected chi connectivity index (χ4v) is 9.58. The third-order valence-electron chi connectivity index (χ3n) is 13.0. The second-order valence-electron chi connectivity index (χ2n) is 16.7. The van der Waals surface area contributed by atoms with E-state index in [0.717, 1.165) is 85.5 Å². The lowest BCUT2D eigenvalue weighted by Gasteiger charge is -2.23. The minimum Gasteiger partial charge on any atom is -0.317 e. The molecule has 9 heteroatoms. The van der Waals surface area contributed by atoms with Gasteiger partial charge in [-0.05, 0) is 108 Å². The topological polar surface area (TPSA) is 98.2 Å². The number of pyridine rings is 2. The van der Waals surface area contributed by atoms with E-state index in [9.17, 15) is 0 Å². The first-order valence-electron chi connectivity index (χ1n) is 22.0. The summed E-state index contributed by atoms with van der Waals surface area (Å²) in [6.07, 6.45) is 24.7. The number of hydrogen-bond acceptors (Lipinski definition) is 7. The van der Waals surface area contributed by atoms with Gasteiger partial charge in [0.1, 0.15) is 0 Å². The Morgan fingerprint density at radius 2 is 0.887 bits per heavy atom. The molecule has 0 unspecified atom stereocenters. The summed E-state index contributed by atoms with van der Waals surface area (Å²) >= 11 is 0. The van der Waals surface area contributed by atoms with Crippen LogP contribution in [-0.2, 0) is 0 Å². The van der Waals surface area contributed by atoms with Crippen molar-refractivity contribution in [1.82, 2.24) is 44.5 Å². The van der Waals surface area contributed by atoms with Crippen molar-refractivity contribution in [2.24, 2.45) is 0 Å². The zero-order chi connectivity index (χ0) is 41.2. The number of nitrogens with zero attached hydrogens (tertiary/aromatic N) is 8. The highest BCUT2D eigenvalue weighted by atomic mass is 15.2. The molecule has 62 heavy (non-hydrogen) atoms. The number of rotatable bonds is 6. The number of hydrogen-bond donors (Lipinski definition) is 1. The second kappa shape index (κ2) is 16.7. The van der Waals surface area contributed by atoms with Gasteiger partial charge in [0.15, 0.2) is 11.3 Å². The van der Waals surface area contributed by atoms with Crippen molar-refractivity contribution in [1.29, 1.82) is 0 Å². The molecule has 1 saturated carbocycles. The molecule has 2 fully saturated rings. The summed E-state index contributed by atoms with van der Waals surface area (Å²) in [6.45, 7) is 2.23. The molecule has 9 nitrogen and oxygen atoms in total. The molecule has 12 rings (SSSR count). The molecular weight excluding hydrogens is 763 g/mol. The van der Waals surface area contributed by atoms with Crippen LogP contribution in [-0.4, -0.2) is 52.3 Å². The monoisotopic (exact) mass is 809 g/mol. The molecule has 7 heterocycles. The molecule has 0 spiro atoms. The van der Waals surface area contributed by atoms with E-state index < -0.39 is 0 Å². The molecule has 1 aliphatic carbocycles. The number of benzene rings is 4. The summed E-state index contributed by atoms with van der Waals surface area (Å²) in [5.41, 5.74) is 15.3. The highest BCUT2D eigenvalue weighted by molar-refractivity contribution is 5.98. The highest BCUT2D eigenvalue weighted by Crippen LogP contribution is 2.35. The number of fused-ring (bicyclic) bond motifs is 4. The van der Waals surface area contributed by atoms with Crippen molar-refractivity contribution in [2.75, 3.05) is 13.1 Å². The van der Waals surface area contributed by atoms with E-state index in [0.29, 0.717) is 5.92 Å². The van der Waals surface area contributed by atoms with Crippen LogP contribution in [0.15, 0.2) is 159 Å². The van der Waals surface area contributed by atoms with Crippen LogP contribution in [0.5, 0.6) is 0 Å². The molecule has 1 aliphatic heterocycles. The third-order valence-corrected chi connectivity index (χ3v) is 13.0. The molecule has 2 aliphatic rings. The van der Waals surface area contributed by atoms with Crippen LogP contribution in [0, 0.1) is 0 Å². The first-order chi connectivity index (χ1) is 30.7. The number of nitrogens with one attached hydrogen (secondary N) is 1. The van der Waals surface area contributed by atoms with Crippen LogP contribution in [0.1, 0.15) is 67.9 Å². The lowest BCUT2D eigenvalue weighted by Crippen LogP contribution is -2.26. The van der Waals surface area contributed by atoms with Crippen molar-refractivity contribution < 1.29 is 0 Å². The lowest BCUT2D eigenvalue weighted by molar-refractivity contribution is 0.443. The average molecular weight is 810 g/mol. The summed E-state index contributed by atoms with van der Waals surface area (Å²) in [4.78, 5) is 18.5. The Labute approximate surface area is 360 Å². The van der Waals surface area contributed by atoms with E-state index in [1.165, 1.54) is 67.2 Å². The van der Waals surface area contributed by atoms with Gasteiger partial charge < -0.3 is 5.32 Å². The Balaban J connectivity index is 0.000000139. The quantitative estimate of drug-likeness (QED) is 0.179. The standard InChI is InChI=1S/C27H24N4.C26H23N5/c1-2-6-19(7-3-1)20-10-12-21(13-11-20)22-16-29-27-25(17-30-31(27)18-22)23-14-15-28-26-9-5-4-8-24(23)26;1-2-4-25-23(3-1)22(11-14-28-25)24-16-30-31-17-21(15-29-26(24)31)19-7-5-18(6-8-19)20-9-12-27-13-10-20/h4-5,8-19H,1-3,6-7H2;1-8,11,14-17,20,27H,9-10,12-13H2. The summed E-state index contributed by atoms with van der Waals surface area (Å²) in [5.74, 6) is 1.40. The SMILES string of the molecule is c1ccc2c(-c3cnn4cc(-c5ccc(C6CCCCC6)cc5)cnc34)ccnc2c1.c1ccc2c(-c3cnn4cc(-c5ccc(C6CCNCC6)cc5)cnc34)ccnc2c1. The molecule has 0 amide bonds. The fraction of sp³-hybridized carbons (Fsp3) is 0.208. The summed E-state index contributed by atoms with van der Waals surface area (Å²) in [7, 11) is 0. The van der Waals surface area contributed by atoms with E-state index >= 15 is 0 Å². The van der Waals surface area contributed by atoms with Crippen LogP contribution in [0.3, 0.4) is 0 Å². The fourth-order valence-electron chi connectivity index (χ4n) is 9.58. The molecular formula is C53H47N9. The number of piperidine rings is 1. The summed E-state index contributed by atoms with van der Waals surface area (Å²) < 4.78 is 3.76. The van der Waals surface area contributed by atoms with Gasteiger partial charge >= 0.3 is 0 Å². The van der Waals surface area contributed by atoms with Crippen molar-refractivity contribution in [3.63, 3.8) is 0 Å². The van der Waals surface area contributed by atoms with Gasteiger partial charge in [-0.25, -0.2) is 19.0 Å². The number of aromatic nitrogens is 8. The third kappa shape index (κ3) is 7.39. The van der Waals surface area contributed by atoms with Crippen molar-refractivity contribution in [3.8, 4) is 44.5 Å². The van der Waals surface area contributed by atoms with E-state index in [-0.39, 0.29) is 0 Å². The van der Waals surface area contributed by atoms with E-state index in [4.69, 9.17) is 9.97 Å². The maximum absolute atomic E-state index is 4.79. The zero-order valence-corrected chi connectivity index (χ0v) is 34.6. The second-order valence-corrected chi connectivity index (χ2v) is 16.7. The number of para-hydroxylation sites is 2. The van der Waals surface area contributed by atoms with Crippen LogP contribution < -0.4 is 5.32 Å². The Morgan fingerprint density at radius 1 is 0.419 bits per heavy atom. The Bertz CT molecular complexity index is 2930. The van der Waals surface area contributed by atoms with Gasteiger partial charge in [-0.1, -0.05) is 104 Å². The van der Waals surface area contributed by atoms with Gasteiger partial charge in [0.2, 0.25) is 0 Å². The molecule has 304 valence electrons. The predicted octanol–water partition coefficient (Wildman–Crippen LogP) is 11.7. The molecule has 10 aromatic rings. The molecule has 4 aromatic carbocycles. The molecule has 6 aromatic heterocycles. The van der Waals surface area contributed by atoms with Gasteiger partial charge in [-0.3, -0.25) is 9.97 Å². The molecule has 0 radical (unpaired) electrons. The summed E-state index contributed by atoms with van der Waals surface area (Å²) in [6, 6.07) is 38.5. The van der Waals surface area contributed by atoms with Crippen LogP contribution in [0.25, 0.3) is 77.6 Å². The van der Waals surface area contributed by atoms with E-state index in [1.807, 2.05) is 94.7 Å². The Morgan fingerprint density at radius 3 is 1.39 bits per heavy atom. The van der Waals surface area contributed by atoms with Gasteiger partial charge in [-0.15, -0.1) is 0 Å². The van der Waals surface area contributed by atoms with E-state index in [1.54, 1.807) is 0 Å². The maximum Gasteiger partial charge on any atom is 0.162 e. The van der Waals surface area contributed by atoms with Gasteiger partial charge in [0.05, 0.1) is 23.4 Å². The first-order valence-corrected chi connectivity index (χ1v) is 22.0. The van der Waals surface area contributed by atoms with Crippen LogP contribution >= 0.6 is 0 Å². The Kier molecular flexibility index (Phi) is 10.2. The molecule has 0 atom stereocenters. The van der Waals surface area contributed by atoms with Gasteiger partial charge in [0, 0.05) is 70.2 Å². The first kappa shape index (κ1) is 37.9. The average Bonchev–Trinajstić information content (AvgIpc) is 3.98. The Hall–Kier alpha value is -7.10. The largest absolute Gasteiger partial charge is 0.317 e. The van der Waals surface area contributed by atoms with Gasteiger partial charge in [0.25, 0.3) is 0 Å². The van der Waals surface area contributed by atoms with E-state index in [2.05, 4.69) is 98.5 Å².